The van der Waals surface area contributed by atoms with E-state index in [1.54, 1.807) is 44.7 Å². The molecule has 1 heterocycles. The van der Waals surface area contributed by atoms with E-state index < -0.39 is 0 Å². The van der Waals surface area contributed by atoms with Crippen LogP contribution in [0.15, 0.2) is 42.6 Å². The molecule has 0 spiro atoms. The van der Waals surface area contributed by atoms with Crippen LogP contribution in [0.3, 0.4) is 0 Å². The molecule has 5 N–H and O–H groups in total. The lowest BCUT2D eigenvalue weighted by Crippen LogP contribution is -2.11. The summed E-state index contributed by atoms with van der Waals surface area (Å²) in [6.07, 6.45) is 2.05. The van der Waals surface area contributed by atoms with Gasteiger partial charge in [-0.25, -0.2) is 4.98 Å². The number of nitrogens with two attached hydrogens (primary N) is 2. The number of hydrogen-bond donors (Lipinski definition) is 3. The van der Waals surface area contributed by atoms with Gasteiger partial charge in [0.2, 0.25) is 17.6 Å². The van der Waals surface area contributed by atoms with E-state index in [9.17, 15) is 4.79 Å². The molecule has 0 fully saturated rings. The summed E-state index contributed by atoms with van der Waals surface area (Å²) in [5, 5.41) is 2.97. The summed E-state index contributed by atoms with van der Waals surface area (Å²) in [7, 11) is 3.09. The number of nitrogen functional groups attached to an aromatic ring is 2. The number of amides is 1. The van der Waals surface area contributed by atoms with Crippen molar-refractivity contribution in [2.24, 2.45) is 0 Å². The molecule has 162 valence electrons. The number of methoxy groups -OCH3 is 2. The predicted octanol–water partition coefficient (Wildman–Crippen LogP) is 3.37. The number of nitrogens with zero attached hydrogens (tertiary/aromatic N) is 2. The number of halogens is 1. The number of ether oxygens (including phenoxy) is 3. The van der Waals surface area contributed by atoms with Crippen molar-refractivity contribution in [2.45, 2.75) is 6.42 Å². The first-order chi connectivity index (χ1) is 14.9. The summed E-state index contributed by atoms with van der Waals surface area (Å²) in [6.45, 7) is 0. The van der Waals surface area contributed by atoms with Crippen molar-refractivity contribution >= 4 is 39.3 Å². The van der Waals surface area contributed by atoms with E-state index in [0.717, 1.165) is 11.1 Å². The molecule has 10 heteroatoms. The zero-order valence-corrected chi connectivity index (χ0v) is 18.6. The lowest BCUT2D eigenvalue weighted by atomic mass is 10.1. The van der Waals surface area contributed by atoms with Crippen LogP contribution >= 0.6 is 15.9 Å². The molecule has 0 atom stereocenters. The van der Waals surface area contributed by atoms with Gasteiger partial charge >= 0.3 is 0 Å². The summed E-state index contributed by atoms with van der Waals surface area (Å²) in [5.41, 5.74) is 13.8. The van der Waals surface area contributed by atoms with E-state index in [0.29, 0.717) is 40.9 Å². The molecule has 9 nitrogen and oxygen atoms in total. The minimum atomic E-state index is -0.139. The zero-order chi connectivity index (χ0) is 22.4. The van der Waals surface area contributed by atoms with Gasteiger partial charge in [-0.05, 0) is 42.0 Å². The van der Waals surface area contributed by atoms with Gasteiger partial charge < -0.3 is 31.0 Å². The van der Waals surface area contributed by atoms with Crippen LogP contribution in [-0.2, 0) is 11.2 Å². The summed E-state index contributed by atoms with van der Waals surface area (Å²) in [5.74, 6) is 2.25. The highest BCUT2D eigenvalue weighted by Gasteiger charge is 2.16. The molecule has 0 bridgehead atoms. The van der Waals surface area contributed by atoms with E-state index >= 15 is 0 Å². The number of rotatable bonds is 8. The van der Waals surface area contributed by atoms with Crippen molar-refractivity contribution in [1.29, 1.82) is 0 Å². The molecule has 1 amide bonds. The molecule has 0 aliphatic carbocycles. The van der Waals surface area contributed by atoms with Gasteiger partial charge in [-0.15, -0.1) is 0 Å². The first kappa shape index (κ1) is 22.2. The first-order valence-electron chi connectivity index (χ1n) is 9.19. The molecule has 0 aliphatic heterocycles. The Morgan fingerprint density at radius 3 is 2.29 bits per heavy atom. The van der Waals surface area contributed by atoms with E-state index in [2.05, 4.69) is 31.2 Å². The highest BCUT2D eigenvalue weighted by Crippen LogP contribution is 2.42. The van der Waals surface area contributed by atoms with Gasteiger partial charge in [-0.1, -0.05) is 15.9 Å². The SMILES string of the molecule is COc1cc(Cc2cnc(N)nc2N)cc(OC)c1Oc1ccc(NC(=O)CBr)cc1. The number of aromatic nitrogens is 2. The number of alkyl halides is 1. The van der Waals surface area contributed by atoms with Gasteiger partial charge in [0.05, 0.1) is 19.5 Å². The standard InChI is InChI=1S/C21H22BrN5O4/c1-29-16-8-12(7-13-11-25-21(24)27-20(13)23)9-17(30-2)19(16)31-15-5-3-14(4-6-15)26-18(28)10-22/h3-6,8-9,11H,7,10H2,1-2H3,(H,26,28)(H4,23,24,25,27). The number of anilines is 3. The van der Waals surface area contributed by atoms with Crippen LogP contribution in [0.5, 0.6) is 23.0 Å². The van der Waals surface area contributed by atoms with Gasteiger partial charge in [-0.2, -0.15) is 4.98 Å². The molecule has 2 aromatic carbocycles. The average Bonchev–Trinajstić information content (AvgIpc) is 2.77. The Kier molecular flexibility index (Phi) is 7.14. The Morgan fingerprint density at radius 2 is 1.74 bits per heavy atom. The molecule has 0 unspecified atom stereocenters. The van der Waals surface area contributed by atoms with Crippen molar-refractivity contribution in [3.8, 4) is 23.0 Å². The Labute approximate surface area is 187 Å². The molecule has 3 rings (SSSR count). The van der Waals surface area contributed by atoms with Crippen molar-refractivity contribution in [1.82, 2.24) is 9.97 Å². The van der Waals surface area contributed by atoms with Crippen molar-refractivity contribution in [2.75, 3.05) is 36.3 Å². The van der Waals surface area contributed by atoms with Crippen LogP contribution in [0.1, 0.15) is 11.1 Å². The molecular weight excluding hydrogens is 466 g/mol. The number of hydrogen-bond acceptors (Lipinski definition) is 8. The lowest BCUT2D eigenvalue weighted by Gasteiger charge is -2.16. The quantitative estimate of drug-likeness (QED) is 0.411. The smallest absolute Gasteiger partial charge is 0.235 e. The van der Waals surface area contributed by atoms with Crippen LogP contribution in [0.2, 0.25) is 0 Å². The third kappa shape index (κ3) is 5.54. The fraction of sp³-hybridized carbons (Fsp3) is 0.190. The van der Waals surface area contributed by atoms with E-state index in [1.165, 1.54) is 0 Å². The molecule has 3 aromatic rings. The van der Waals surface area contributed by atoms with E-state index in [1.807, 2.05) is 12.1 Å². The maximum Gasteiger partial charge on any atom is 0.235 e. The van der Waals surface area contributed by atoms with E-state index in [-0.39, 0.29) is 17.2 Å². The number of carbonyl (C=O) groups is 1. The van der Waals surface area contributed by atoms with Crippen LogP contribution in [0.4, 0.5) is 17.5 Å². The maximum atomic E-state index is 11.5. The van der Waals surface area contributed by atoms with Crippen molar-refractivity contribution in [3.05, 3.63) is 53.7 Å². The number of nitrogens with one attached hydrogen (secondary N) is 1. The average molecular weight is 488 g/mol. The third-order valence-corrected chi connectivity index (χ3v) is 4.82. The van der Waals surface area contributed by atoms with Gasteiger partial charge in [-0.3, -0.25) is 4.79 Å². The largest absolute Gasteiger partial charge is 0.493 e. The first-order valence-corrected chi connectivity index (χ1v) is 10.3. The minimum Gasteiger partial charge on any atom is -0.493 e. The number of benzene rings is 2. The van der Waals surface area contributed by atoms with E-state index in [4.69, 9.17) is 25.7 Å². The number of carbonyl (C=O) groups excluding carboxylic acids is 1. The summed E-state index contributed by atoms with van der Waals surface area (Å²) in [4.78, 5) is 19.5. The molecule has 0 aliphatic rings. The van der Waals surface area contributed by atoms with Crippen LogP contribution in [-0.4, -0.2) is 35.4 Å². The third-order valence-electron chi connectivity index (χ3n) is 4.31. The fourth-order valence-corrected chi connectivity index (χ4v) is 2.99. The second-order valence-electron chi connectivity index (χ2n) is 6.45. The Bertz CT molecular complexity index is 1050. The molecule has 31 heavy (non-hydrogen) atoms. The summed E-state index contributed by atoms with van der Waals surface area (Å²) in [6, 6.07) is 10.6. The Balaban J connectivity index is 1.86. The highest BCUT2D eigenvalue weighted by molar-refractivity contribution is 9.09. The maximum absolute atomic E-state index is 11.5. The molecule has 0 radical (unpaired) electrons. The Hall–Kier alpha value is -3.53. The predicted molar refractivity (Wildman–Crippen MR) is 122 cm³/mol. The Morgan fingerprint density at radius 1 is 1.10 bits per heavy atom. The summed E-state index contributed by atoms with van der Waals surface area (Å²) < 4.78 is 17.1. The van der Waals surface area contributed by atoms with Crippen LogP contribution < -0.4 is 31.0 Å². The van der Waals surface area contributed by atoms with Crippen molar-refractivity contribution < 1.29 is 19.0 Å². The monoisotopic (exact) mass is 487 g/mol. The highest BCUT2D eigenvalue weighted by atomic mass is 79.9. The molecular formula is C21H22BrN5O4. The molecule has 0 saturated carbocycles. The van der Waals surface area contributed by atoms with Crippen LogP contribution in [0.25, 0.3) is 0 Å². The van der Waals surface area contributed by atoms with Crippen LogP contribution in [0, 0.1) is 0 Å². The van der Waals surface area contributed by atoms with Gasteiger partial charge in [0, 0.05) is 23.9 Å². The van der Waals surface area contributed by atoms with Gasteiger partial charge in [0.15, 0.2) is 11.5 Å². The minimum absolute atomic E-state index is 0.123. The fourth-order valence-electron chi connectivity index (χ4n) is 2.85. The zero-order valence-electron chi connectivity index (χ0n) is 17.0. The summed E-state index contributed by atoms with van der Waals surface area (Å²) >= 11 is 3.11. The normalized spacial score (nSPS) is 10.4. The van der Waals surface area contributed by atoms with Gasteiger partial charge in [0.1, 0.15) is 11.6 Å². The molecule has 0 saturated heterocycles. The second-order valence-corrected chi connectivity index (χ2v) is 7.01. The molecule has 1 aromatic heterocycles. The second kappa shape index (κ2) is 9.98. The topological polar surface area (TPSA) is 135 Å². The van der Waals surface area contributed by atoms with Gasteiger partial charge in [0.25, 0.3) is 0 Å². The lowest BCUT2D eigenvalue weighted by molar-refractivity contribution is -0.113. The van der Waals surface area contributed by atoms with Crippen molar-refractivity contribution in [3.63, 3.8) is 0 Å².